The van der Waals surface area contributed by atoms with E-state index in [4.69, 9.17) is 21.1 Å². The standard InChI is InChI=1S/C21H23ClN2O4/c1-15(28-19-9-4-6-16(22)12-19)21(26)23-17-7-5-8-18(13-17)27-14-20(25)24-10-2-3-11-24/h4-9,12-13,15H,2-3,10-11,14H2,1H3,(H,23,26). The molecule has 148 valence electrons. The molecular formula is C21H23ClN2O4. The van der Waals surface area contributed by atoms with E-state index in [-0.39, 0.29) is 18.4 Å². The monoisotopic (exact) mass is 402 g/mol. The number of benzene rings is 2. The zero-order valence-corrected chi connectivity index (χ0v) is 16.4. The van der Waals surface area contributed by atoms with E-state index in [1.54, 1.807) is 60.4 Å². The van der Waals surface area contributed by atoms with Crippen LogP contribution in [-0.2, 0) is 9.59 Å². The number of carbonyl (C=O) groups excluding carboxylic acids is 2. The smallest absolute Gasteiger partial charge is 0.265 e. The number of likely N-dealkylation sites (tertiary alicyclic amines) is 1. The van der Waals surface area contributed by atoms with Gasteiger partial charge in [0, 0.05) is 29.9 Å². The molecule has 0 aliphatic carbocycles. The van der Waals surface area contributed by atoms with Gasteiger partial charge in [-0.25, -0.2) is 0 Å². The minimum Gasteiger partial charge on any atom is -0.484 e. The lowest BCUT2D eigenvalue weighted by molar-refractivity contribution is -0.132. The van der Waals surface area contributed by atoms with Crippen molar-refractivity contribution in [2.45, 2.75) is 25.9 Å². The van der Waals surface area contributed by atoms with Crippen LogP contribution in [0.15, 0.2) is 48.5 Å². The van der Waals surface area contributed by atoms with Gasteiger partial charge in [0.15, 0.2) is 12.7 Å². The minimum absolute atomic E-state index is 0.00825. The number of ether oxygens (including phenoxy) is 2. The van der Waals surface area contributed by atoms with Crippen molar-refractivity contribution in [2.75, 3.05) is 25.0 Å². The zero-order valence-electron chi connectivity index (χ0n) is 15.7. The topological polar surface area (TPSA) is 67.9 Å². The predicted octanol–water partition coefficient (Wildman–Crippen LogP) is 3.75. The van der Waals surface area contributed by atoms with Gasteiger partial charge in [-0.1, -0.05) is 23.7 Å². The normalized spacial score (nSPS) is 14.4. The molecule has 1 unspecified atom stereocenters. The molecule has 1 aliphatic heterocycles. The average molecular weight is 403 g/mol. The summed E-state index contributed by atoms with van der Waals surface area (Å²) in [6.45, 7) is 3.24. The summed E-state index contributed by atoms with van der Waals surface area (Å²) in [4.78, 5) is 26.3. The van der Waals surface area contributed by atoms with Gasteiger partial charge in [-0.15, -0.1) is 0 Å². The average Bonchev–Trinajstić information content (AvgIpc) is 3.21. The van der Waals surface area contributed by atoms with E-state index >= 15 is 0 Å². The van der Waals surface area contributed by atoms with Crippen molar-refractivity contribution in [2.24, 2.45) is 0 Å². The third-order valence-corrected chi connectivity index (χ3v) is 4.64. The van der Waals surface area contributed by atoms with Crippen LogP contribution in [0.4, 0.5) is 5.69 Å². The Morgan fingerprint density at radius 3 is 2.57 bits per heavy atom. The van der Waals surface area contributed by atoms with Crippen molar-refractivity contribution in [1.82, 2.24) is 4.90 Å². The van der Waals surface area contributed by atoms with Crippen LogP contribution >= 0.6 is 11.6 Å². The Hall–Kier alpha value is -2.73. The van der Waals surface area contributed by atoms with Gasteiger partial charge in [0.05, 0.1) is 0 Å². The fourth-order valence-corrected chi connectivity index (χ4v) is 3.09. The second kappa shape index (κ2) is 9.46. The van der Waals surface area contributed by atoms with E-state index in [1.807, 2.05) is 0 Å². The minimum atomic E-state index is -0.709. The first-order chi connectivity index (χ1) is 13.5. The number of rotatable bonds is 7. The van der Waals surface area contributed by atoms with Gasteiger partial charge in [0.25, 0.3) is 11.8 Å². The van der Waals surface area contributed by atoms with Crippen LogP contribution in [-0.4, -0.2) is 42.5 Å². The number of hydrogen-bond acceptors (Lipinski definition) is 4. The van der Waals surface area contributed by atoms with Gasteiger partial charge in [-0.3, -0.25) is 9.59 Å². The molecule has 3 rings (SSSR count). The molecule has 1 fully saturated rings. The molecule has 2 aromatic rings. The van der Waals surface area contributed by atoms with Crippen molar-refractivity contribution in [1.29, 1.82) is 0 Å². The predicted molar refractivity (Wildman–Crippen MR) is 108 cm³/mol. The summed E-state index contributed by atoms with van der Waals surface area (Å²) in [6, 6.07) is 13.8. The third-order valence-electron chi connectivity index (χ3n) is 4.40. The second-order valence-electron chi connectivity index (χ2n) is 6.61. The van der Waals surface area contributed by atoms with Crippen LogP contribution in [0.1, 0.15) is 19.8 Å². The third kappa shape index (κ3) is 5.63. The molecule has 0 saturated carbocycles. The summed E-state index contributed by atoms with van der Waals surface area (Å²) in [6.07, 6.45) is 1.38. The maximum Gasteiger partial charge on any atom is 0.265 e. The molecule has 2 amide bonds. The lowest BCUT2D eigenvalue weighted by Gasteiger charge is -2.17. The van der Waals surface area contributed by atoms with E-state index in [1.165, 1.54) is 0 Å². The summed E-state index contributed by atoms with van der Waals surface area (Å²) in [7, 11) is 0. The molecule has 1 heterocycles. The number of amides is 2. The number of nitrogens with zero attached hydrogens (tertiary/aromatic N) is 1. The SMILES string of the molecule is CC(Oc1cccc(Cl)c1)C(=O)Nc1cccc(OCC(=O)N2CCCC2)c1. The molecule has 7 heteroatoms. The molecule has 1 saturated heterocycles. The Kier molecular flexibility index (Phi) is 6.76. The van der Waals surface area contributed by atoms with Crippen molar-refractivity contribution >= 4 is 29.1 Å². The quantitative estimate of drug-likeness (QED) is 0.765. The molecule has 0 radical (unpaired) electrons. The van der Waals surface area contributed by atoms with Crippen molar-refractivity contribution in [3.05, 3.63) is 53.6 Å². The number of carbonyl (C=O) groups is 2. The highest BCUT2D eigenvalue weighted by Gasteiger charge is 2.18. The number of halogens is 1. The molecule has 28 heavy (non-hydrogen) atoms. The van der Waals surface area contributed by atoms with Gasteiger partial charge in [0.1, 0.15) is 11.5 Å². The Balaban J connectivity index is 1.52. The van der Waals surface area contributed by atoms with Gasteiger partial charge in [-0.2, -0.15) is 0 Å². The highest BCUT2D eigenvalue weighted by atomic mass is 35.5. The lowest BCUT2D eigenvalue weighted by atomic mass is 10.2. The first-order valence-corrected chi connectivity index (χ1v) is 9.63. The van der Waals surface area contributed by atoms with E-state index in [0.29, 0.717) is 22.2 Å². The number of nitrogens with one attached hydrogen (secondary N) is 1. The lowest BCUT2D eigenvalue weighted by Crippen LogP contribution is -2.32. The van der Waals surface area contributed by atoms with E-state index < -0.39 is 6.10 Å². The summed E-state index contributed by atoms with van der Waals surface area (Å²) in [5.41, 5.74) is 0.567. The maximum atomic E-state index is 12.4. The molecule has 0 bridgehead atoms. The first-order valence-electron chi connectivity index (χ1n) is 9.25. The van der Waals surface area contributed by atoms with Crippen molar-refractivity contribution in [3.63, 3.8) is 0 Å². The van der Waals surface area contributed by atoms with Crippen LogP contribution < -0.4 is 14.8 Å². The van der Waals surface area contributed by atoms with Gasteiger partial charge in [-0.05, 0) is 50.1 Å². The molecule has 6 nitrogen and oxygen atoms in total. The van der Waals surface area contributed by atoms with Crippen molar-refractivity contribution < 1.29 is 19.1 Å². The van der Waals surface area contributed by atoms with Crippen LogP contribution in [0.25, 0.3) is 0 Å². The summed E-state index contributed by atoms with van der Waals surface area (Å²) < 4.78 is 11.2. The highest BCUT2D eigenvalue weighted by molar-refractivity contribution is 6.30. The molecule has 0 spiro atoms. The molecule has 1 atom stereocenters. The molecule has 0 aromatic heterocycles. The number of anilines is 1. The van der Waals surface area contributed by atoms with E-state index in [0.717, 1.165) is 25.9 Å². The fourth-order valence-electron chi connectivity index (χ4n) is 2.91. The Labute approximate surface area is 169 Å². The van der Waals surface area contributed by atoms with Crippen LogP contribution in [0, 0.1) is 0 Å². The van der Waals surface area contributed by atoms with Crippen molar-refractivity contribution in [3.8, 4) is 11.5 Å². The molecule has 2 aromatic carbocycles. The highest BCUT2D eigenvalue weighted by Crippen LogP contribution is 2.20. The summed E-state index contributed by atoms with van der Waals surface area (Å²) in [5, 5.41) is 3.33. The largest absolute Gasteiger partial charge is 0.484 e. The maximum absolute atomic E-state index is 12.4. The first kappa shape index (κ1) is 20.0. The van der Waals surface area contributed by atoms with Gasteiger partial charge < -0.3 is 19.7 Å². The fraction of sp³-hybridized carbons (Fsp3) is 0.333. The van der Waals surface area contributed by atoms with E-state index in [9.17, 15) is 9.59 Å². The van der Waals surface area contributed by atoms with Crippen LogP contribution in [0.3, 0.4) is 0 Å². The molecule has 1 N–H and O–H groups in total. The summed E-state index contributed by atoms with van der Waals surface area (Å²) >= 11 is 5.93. The van der Waals surface area contributed by atoms with Gasteiger partial charge in [0.2, 0.25) is 0 Å². The Morgan fingerprint density at radius 2 is 1.82 bits per heavy atom. The number of hydrogen-bond donors (Lipinski definition) is 1. The Morgan fingerprint density at radius 1 is 1.11 bits per heavy atom. The van der Waals surface area contributed by atoms with Crippen LogP contribution in [0.5, 0.6) is 11.5 Å². The van der Waals surface area contributed by atoms with Gasteiger partial charge >= 0.3 is 0 Å². The molecule has 1 aliphatic rings. The summed E-state index contributed by atoms with van der Waals surface area (Å²) in [5.74, 6) is 0.724. The van der Waals surface area contributed by atoms with Crippen LogP contribution in [0.2, 0.25) is 5.02 Å². The Bertz CT molecular complexity index is 837. The zero-order chi connectivity index (χ0) is 19.9. The molecular weight excluding hydrogens is 380 g/mol. The van der Waals surface area contributed by atoms with E-state index in [2.05, 4.69) is 5.32 Å². The second-order valence-corrected chi connectivity index (χ2v) is 7.05.